The molecule has 0 rings (SSSR count). The molecule has 2 unspecified atom stereocenters. The zero-order chi connectivity index (χ0) is 13.3. The maximum atomic E-state index is 11.8. The van der Waals surface area contributed by atoms with Crippen LogP contribution < -0.4 is 5.32 Å². The fourth-order valence-electron chi connectivity index (χ4n) is 1.79. The lowest BCUT2D eigenvalue weighted by Gasteiger charge is -2.18. The maximum Gasteiger partial charge on any atom is 0.237 e. The van der Waals surface area contributed by atoms with Gasteiger partial charge in [-0.1, -0.05) is 46.5 Å². The number of nitriles is 1. The van der Waals surface area contributed by atoms with Gasteiger partial charge in [0.15, 0.2) is 0 Å². The fourth-order valence-corrected chi connectivity index (χ4v) is 1.79. The van der Waals surface area contributed by atoms with E-state index in [0.29, 0.717) is 0 Å². The molecule has 0 aromatic heterocycles. The number of hydrogen-bond donors (Lipinski definition) is 1. The van der Waals surface area contributed by atoms with Crippen molar-refractivity contribution in [2.75, 3.05) is 0 Å². The summed E-state index contributed by atoms with van der Waals surface area (Å²) in [7, 11) is 0. The van der Waals surface area contributed by atoms with Gasteiger partial charge in [-0.25, -0.2) is 0 Å². The van der Waals surface area contributed by atoms with Crippen molar-refractivity contribution >= 4 is 5.91 Å². The van der Waals surface area contributed by atoms with Gasteiger partial charge < -0.3 is 5.32 Å². The van der Waals surface area contributed by atoms with Crippen molar-refractivity contribution in [1.82, 2.24) is 5.32 Å². The first-order chi connectivity index (χ1) is 8.02. The van der Waals surface area contributed by atoms with Crippen LogP contribution in [-0.2, 0) is 4.79 Å². The van der Waals surface area contributed by atoms with Crippen LogP contribution in [-0.4, -0.2) is 11.9 Å². The summed E-state index contributed by atoms with van der Waals surface area (Å²) >= 11 is 0. The first-order valence-corrected chi connectivity index (χ1v) is 6.72. The van der Waals surface area contributed by atoms with Crippen LogP contribution in [0, 0.1) is 23.2 Å². The molecule has 0 saturated heterocycles. The summed E-state index contributed by atoms with van der Waals surface area (Å²) in [5.74, 6) is -0.564. The highest BCUT2D eigenvalue weighted by atomic mass is 16.1. The monoisotopic (exact) mass is 238 g/mol. The molecule has 0 aromatic rings. The van der Waals surface area contributed by atoms with E-state index in [0.717, 1.165) is 12.8 Å². The topological polar surface area (TPSA) is 52.9 Å². The maximum absolute atomic E-state index is 11.8. The first-order valence-electron chi connectivity index (χ1n) is 6.72. The normalized spacial score (nSPS) is 14.1. The van der Waals surface area contributed by atoms with Crippen LogP contribution in [0.4, 0.5) is 0 Å². The fraction of sp³-hybridized carbons (Fsp3) is 0.857. The summed E-state index contributed by atoms with van der Waals surface area (Å²) in [5.41, 5.74) is 0. The Morgan fingerprint density at radius 3 is 2.35 bits per heavy atom. The SMILES string of the molecule is CCCCCCC(C)NC(=O)C(C#N)C(C)C. The molecular weight excluding hydrogens is 212 g/mol. The number of nitrogens with zero attached hydrogens (tertiary/aromatic N) is 1. The predicted molar refractivity (Wildman–Crippen MR) is 70.3 cm³/mol. The van der Waals surface area contributed by atoms with Gasteiger partial charge in [-0.05, 0) is 19.3 Å². The molecule has 0 heterocycles. The summed E-state index contributed by atoms with van der Waals surface area (Å²) in [5, 5.41) is 11.8. The highest BCUT2D eigenvalue weighted by molar-refractivity contribution is 5.81. The average Bonchev–Trinajstić information content (AvgIpc) is 2.24. The summed E-state index contributed by atoms with van der Waals surface area (Å²) in [6, 6.07) is 2.25. The van der Waals surface area contributed by atoms with Crippen LogP contribution >= 0.6 is 0 Å². The van der Waals surface area contributed by atoms with Crippen LogP contribution in [0.2, 0.25) is 0 Å². The standard InChI is InChI=1S/C14H26N2O/c1-5-6-7-8-9-12(4)16-14(17)13(10-15)11(2)3/h11-13H,5-9H2,1-4H3,(H,16,17). The molecule has 0 bridgehead atoms. The molecule has 0 radical (unpaired) electrons. The van der Waals surface area contributed by atoms with Crippen molar-refractivity contribution in [3.63, 3.8) is 0 Å². The molecule has 0 saturated carbocycles. The van der Waals surface area contributed by atoms with Crippen molar-refractivity contribution in [2.24, 2.45) is 11.8 Å². The molecule has 17 heavy (non-hydrogen) atoms. The molecule has 3 heteroatoms. The third kappa shape index (κ3) is 6.99. The molecule has 2 atom stereocenters. The largest absolute Gasteiger partial charge is 0.353 e. The molecule has 98 valence electrons. The molecule has 1 amide bonds. The van der Waals surface area contributed by atoms with Crippen LogP contribution in [0.5, 0.6) is 0 Å². The van der Waals surface area contributed by atoms with E-state index in [-0.39, 0.29) is 17.9 Å². The van der Waals surface area contributed by atoms with Gasteiger partial charge in [0.2, 0.25) is 5.91 Å². The van der Waals surface area contributed by atoms with Crippen molar-refractivity contribution in [1.29, 1.82) is 5.26 Å². The highest BCUT2D eigenvalue weighted by Gasteiger charge is 2.22. The van der Waals surface area contributed by atoms with E-state index in [2.05, 4.69) is 18.3 Å². The van der Waals surface area contributed by atoms with Gasteiger partial charge in [-0.2, -0.15) is 5.26 Å². The van der Waals surface area contributed by atoms with Crippen molar-refractivity contribution in [3.8, 4) is 6.07 Å². The molecule has 0 spiro atoms. The van der Waals surface area contributed by atoms with E-state index in [1.807, 2.05) is 20.8 Å². The number of hydrogen-bond acceptors (Lipinski definition) is 2. The lowest BCUT2D eigenvalue weighted by molar-refractivity contribution is -0.125. The first kappa shape index (κ1) is 16.0. The molecular formula is C14H26N2O. The smallest absolute Gasteiger partial charge is 0.237 e. The number of unbranched alkanes of at least 4 members (excludes halogenated alkanes) is 3. The zero-order valence-electron chi connectivity index (χ0n) is 11.6. The summed E-state index contributed by atoms with van der Waals surface area (Å²) in [4.78, 5) is 11.8. The summed E-state index contributed by atoms with van der Waals surface area (Å²) in [6.45, 7) is 8.00. The Balaban J connectivity index is 3.91. The average molecular weight is 238 g/mol. The minimum Gasteiger partial charge on any atom is -0.353 e. The second-order valence-corrected chi connectivity index (χ2v) is 5.11. The third-order valence-corrected chi connectivity index (χ3v) is 2.97. The van der Waals surface area contributed by atoms with Gasteiger partial charge in [0.05, 0.1) is 6.07 Å². The lowest BCUT2D eigenvalue weighted by atomic mass is 9.96. The van der Waals surface area contributed by atoms with Crippen LogP contribution in [0.15, 0.2) is 0 Å². The second kappa shape index (κ2) is 9.04. The van der Waals surface area contributed by atoms with Gasteiger partial charge >= 0.3 is 0 Å². The number of nitrogens with one attached hydrogen (secondary N) is 1. The van der Waals surface area contributed by atoms with E-state index < -0.39 is 5.92 Å². The number of carbonyl (C=O) groups excluding carboxylic acids is 1. The minimum absolute atomic E-state index is 0.0762. The Kier molecular flexibility index (Phi) is 8.49. The third-order valence-electron chi connectivity index (χ3n) is 2.97. The predicted octanol–water partition coefficient (Wildman–Crippen LogP) is 3.26. The zero-order valence-corrected chi connectivity index (χ0v) is 11.6. The highest BCUT2D eigenvalue weighted by Crippen LogP contribution is 2.11. The van der Waals surface area contributed by atoms with Crippen LogP contribution in [0.3, 0.4) is 0 Å². The van der Waals surface area contributed by atoms with Crippen molar-refractivity contribution in [2.45, 2.75) is 65.8 Å². The quantitative estimate of drug-likeness (QED) is 0.660. The Bertz CT molecular complexity index is 255. The van der Waals surface area contributed by atoms with E-state index >= 15 is 0 Å². The minimum atomic E-state index is -0.520. The van der Waals surface area contributed by atoms with Gasteiger partial charge in [0.1, 0.15) is 5.92 Å². The lowest BCUT2D eigenvalue weighted by Crippen LogP contribution is -2.38. The van der Waals surface area contributed by atoms with E-state index in [4.69, 9.17) is 5.26 Å². The van der Waals surface area contributed by atoms with E-state index in [1.54, 1.807) is 0 Å². The van der Waals surface area contributed by atoms with Crippen LogP contribution in [0.1, 0.15) is 59.8 Å². The Labute approximate surface area is 106 Å². The Hall–Kier alpha value is -1.04. The van der Waals surface area contributed by atoms with E-state index in [1.165, 1.54) is 19.3 Å². The molecule has 0 aliphatic heterocycles. The Morgan fingerprint density at radius 2 is 1.88 bits per heavy atom. The number of amides is 1. The van der Waals surface area contributed by atoms with Crippen molar-refractivity contribution < 1.29 is 4.79 Å². The summed E-state index contributed by atoms with van der Waals surface area (Å²) in [6.07, 6.45) is 5.86. The molecule has 0 aromatic carbocycles. The second-order valence-electron chi connectivity index (χ2n) is 5.11. The molecule has 0 aliphatic carbocycles. The molecule has 3 nitrogen and oxygen atoms in total. The Morgan fingerprint density at radius 1 is 1.24 bits per heavy atom. The van der Waals surface area contributed by atoms with Crippen LogP contribution in [0.25, 0.3) is 0 Å². The number of rotatable bonds is 8. The summed E-state index contributed by atoms with van der Waals surface area (Å²) < 4.78 is 0. The molecule has 0 aliphatic rings. The molecule has 1 N–H and O–H groups in total. The van der Waals surface area contributed by atoms with Gasteiger partial charge in [0, 0.05) is 6.04 Å². The molecule has 0 fully saturated rings. The van der Waals surface area contributed by atoms with Gasteiger partial charge in [-0.3, -0.25) is 4.79 Å². The number of carbonyl (C=O) groups is 1. The van der Waals surface area contributed by atoms with Gasteiger partial charge in [0.25, 0.3) is 0 Å². The van der Waals surface area contributed by atoms with Crippen molar-refractivity contribution in [3.05, 3.63) is 0 Å². The van der Waals surface area contributed by atoms with Gasteiger partial charge in [-0.15, -0.1) is 0 Å². The van der Waals surface area contributed by atoms with E-state index in [9.17, 15) is 4.79 Å².